The quantitative estimate of drug-likeness (QED) is 0.838. The van der Waals surface area contributed by atoms with Crippen LogP contribution in [0.2, 0.25) is 0 Å². The summed E-state index contributed by atoms with van der Waals surface area (Å²) in [6.07, 6.45) is 1.58. The zero-order valence-electron chi connectivity index (χ0n) is 16.0. The van der Waals surface area contributed by atoms with Gasteiger partial charge in [-0.2, -0.15) is 0 Å². The number of hydrogen-bond donors (Lipinski definition) is 2. The maximum absolute atomic E-state index is 12.8. The Morgan fingerprint density at radius 3 is 2.43 bits per heavy atom. The van der Waals surface area contributed by atoms with E-state index in [-0.39, 0.29) is 23.6 Å². The standard InChI is InChI=1S/C22H25N3O3/c1-16(26)23-14-17-9-11-18(12-10-17)22(28)25-13-5-6-19(15-25)21(27)24-20-7-3-2-4-8-20/h2-4,7-12,19H,5-6,13-15H2,1H3,(H,23,26)(H,24,27). The lowest BCUT2D eigenvalue weighted by atomic mass is 9.96. The molecule has 0 bridgehead atoms. The van der Waals surface area contributed by atoms with Crippen LogP contribution in [0.25, 0.3) is 0 Å². The molecule has 1 heterocycles. The van der Waals surface area contributed by atoms with Crippen molar-refractivity contribution in [1.29, 1.82) is 0 Å². The lowest BCUT2D eigenvalue weighted by Gasteiger charge is -2.32. The van der Waals surface area contributed by atoms with Gasteiger partial charge in [-0.05, 0) is 42.7 Å². The molecule has 0 spiro atoms. The van der Waals surface area contributed by atoms with Crippen LogP contribution < -0.4 is 10.6 Å². The third-order valence-electron chi connectivity index (χ3n) is 4.86. The number of amides is 3. The third-order valence-corrected chi connectivity index (χ3v) is 4.86. The number of likely N-dealkylation sites (tertiary alicyclic amines) is 1. The van der Waals surface area contributed by atoms with Crippen LogP contribution in [-0.2, 0) is 16.1 Å². The van der Waals surface area contributed by atoms with Crippen LogP contribution >= 0.6 is 0 Å². The van der Waals surface area contributed by atoms with Crippen molar-refractivity contribution in [2.45, 2.75) is 26.3 Å². The molecule has 0 radical (unpaired) electrons. The first-order valence-corrected chi connectivity index (χ1v) is 9.51. The van der Waals surface area contributed by atoms with Crippen LogP contribution in [0.3, 0.4) is 0 Å². The van der Waals surface area contributed by atoms with Gasteiger partial charge < -0.3 is 15.5 Å². The van der Waals surface area contributed by atoms with Gasteiger partial charge in [-0.1, -0.05) is 30.3 Å². The summed E-state index contributed by atoms with van der Waals surface area (Å²) in [5.41, 5.74) is 2.30. The second-order valence-corrected chi connectivity index (χ2v) is 7.05. The van der Waals surface area contributed by atoms with E-state index in [1.165, 1.54) is 6.92 Å². The minimum atomic E-state index is -0.211. The van der Waals surface area contributed by atoms with Crippen molar-refractivity contribution in [3.8, 4) is 0 Å². The molecule has 28 heavy (non-hydrogen) atoms. The number of nitrogens with one attached hydrogen (secondary N) is 2. The molecule has 6 heteroatoms. The third kappa shape index (κ3) is 5.19. The minimum absolute atomic E-state index is 0.0469. The first-order chi connectivity index (χ1) is 13.5. The average molecular weight is 379 g/mol. The molecule has 2 N–H and O–H groups in total. The number of carbonyl (C=O) groups excluding carboxylic acids is 3. The minimum Gasteiger partial charge on any atom is -0.352 e. The molecule has 2 aromatic carbocycles. The van der Waals surface area contributed by atoms with E-state index < -0.39 is 0 Å². The molecule has 1 fully saturated rings. The van der Waals surface area contributed by atoms with Crippen molar-refractivity contribution < 1.29 is 14.4 Å². The zero-order chi connectivity index (χ0) is 19.9. The monoisotopic (exact) mass is 379 g/mol. The number of benzene rings is 2. The average Bonchev–Trinajstić information content (AvgIpc) is 2.73. The molecular weight excluding hydrogens is 354 g/mol. The van der Waals surface area contributed by atoms with E-state index in [0.29, 0.717) is 25.2 Å². The highest BCUT2D eigenvalue weighted by Gasteiger charge is 2.29. The van der Waals surface area contributed by atoms with E-state index in [4.69, 9.17) is 0 Å². The van der Waals surface area contributed by atoms with Gasteiger partial charge in [0, 0.05) is 37.8 Å². The molecule has 1 atom stereocenters. The largest absolute Gasteiger partial charge is 0.352 e. The van der Waals surface area contributed by atoms with Crippen LogP contribution in [0, 0.1) is 5.92 Å². The lowest BCUT2D eigenvalue weighted by Crippen LogP contribution is -2.43. The van der Waals surface area contributed by atoms with Crippen LogP contribution in [0.15, 0.2) is 54.6 Å². The summed E-state index contributed by atoms with van der Waals surface area (Å²) in [6.45, 7) is 2.99. The summed E-state index contributed by atoms with van der Waals surface area (Å²) < 4.78 is 0. The Morgan fingerprint density at radius 1 is 1.04 bits per heavy atom. The van der Waals surface area contributed by atoms with E-state index in [2.05, 4.69) is 10.6 Å². The molecule has 3 amide bonds. The van der Waals surface area contributed by atoms with Gasteiger partial charge in [-0.3, -0.25) is 14.4 Å². The number of carbonyl (C=O) groups is 3. The summed E-state index contributed by atoms with van der Waals surface area (Å²) in [4.78, 5) is 38.1. The number of nitrogens with zero attached hydrogens (tertiary/aromatic N) is 1. The topological polar surface area (TPSA) is 78.5 Å². The molecule has 1 aliphatic rings. The molecule has 6 nitrogen and oxygen atoms in total. The van der Waals surface area contributed by atoms with Gasteiger partial charge in [0.15, 0.2) is 0 Å². The summed E-state index contributed by atoms with van der Waals surface area (Å²) in [5.74, 6) is -0.414. The second kappa shape index (κ2) is 9.17. The van der Waals surface area contributed by atoms with Gasteiger partial charge in [0.05, 0.1) is 5.92 Å². The molecule has 0 aromatic heterocycles. The fraction of sp³-hybridized carbons (Fsp3) is 0.318. The van der Waals surface area contributed by atoms with Gasteiger partial charge in [-0.15, -0.1) is 0 Å². The molecular formula is C22H25N3O3. The fourth-order valence-corrected chi connectivity index (χ4v) is 3.32. The van der Waals surface area contributed by atoms with E-state index >= 15 is 0 Å². The number of piperidine rings is 1. The van der Waals surface area contributed by atoms with E-state index in [1.807, 2.05) is 42.5 Å². The Hall–Kier alpha value is -3.15. The van der Waals surface area contributed by atoms with Crippen molar-refractivity contribution in [2.24, 2.45) is 5.92 Å². The molecule has 0 aliphatic carbocycles. The van der Waals surface area contributed by atoms with E-state index in [1.54, 1.807) is 17.0 Å². The van der Waals surface area contributed by atoms with Gasteiger partial charge in [0.25, 0.3) is 5.91 Å². The summed E-state index contributed by atoms with van der Waals surface area (Å²) >= 11 is 0. The number of rotatable bonds is 5. The molecule has 1 unspecified atom stereocenters. The summed E-state index contributed by atoms with van der Waals surface area (Å²) in [5, 5.41) is 5.66. The lowest BCUT2D eigenvalue weighted by molar-refractivity contribution is -0.121. The van der Waals surface area contributed by atoms with Crippen molar-refractivity contribution in [1.82, 2.24) is 10.2 Å². The van der Waals surface area contributed by atoms with Crippen molar-refractivity contribution in [3.63, 3.8) is 0 Å². The Bertz CT molecular complexity index is 834. The Balaban J connectivity index is 1.59. The Kier molecular flexibility index (Phi) is 6.42. The van der Waals surface area contributed by atoms with Crippen LogP contribution in [0.4, 0.5) is 5.69 Å². The molecule has 3 rings (SSSR count). The predicted molar refractivity (Wildman–Crippen MR) is 108 cm³/mol. The van der Waals surface area contributed by atoms with Gasteiger partial charge in [-0.25, -0.2) is 0 Å². The highest BCUT2D eigenvalue weighted by Crippen LogP contribution is 2.21. The predicted octanol–water partition coefficient (Wildman–Crippen LogP) is 2.81. The Morgan fingerprint density at radius 2 is 1.75 bits per heavy atom. The second-order valence-electron chi connectivity index (χ2n) is 7.05. The molecule has 0 saturated carbocycles. The van der Waals surface area contributed by atoms with Crippen molar-refractivity contribution in [2.75, 3.05) is 18.4 Å². The smallest absolute Gasteiger partial charge is 0.253 e. The van der Waals surface area contributed by atoms with E-state index in [9.17, 15) is 14.4 Å². The normalized spacial score (nSPS) is 16.3. The van der Waals surface area contributed by atoms with Crippen LogP contribution in [0.1, 0.15) is 35.7 Å². The first-order valence-electron chi connectivity index (χ1n) is 9.51. The number of para-hydroxylation sites is 1. The molecule has 1 aliphatic heterocycles. The highest BCUT2D eigenvalue weighted by molar-refractivity contribution is 5.96. The van der Waals surface area contributed by atoms with Crippen LogP contribution in [0.5, 0.6) is 0 Å². The number of anilines is 1. The summed E-state index contributed by atoms with van der Waals surface area (Å²) in [6, 6.07) is 16.6. The maximum Gasteiger partial charge on any atom is 0.253 e. The first kappa shape index (κ1) is 19.6. The zero-order valence-corrected chi connectivity index (χ0v) is 16.0. The Labute approximate surface area is 164 Å². The molecule has 146 valence electrons. The van der Waals surface area contributed by atoms with Gasteiger partial charge >= 0.3 is 0 Å². The van der Waals surface area contributed by atoms with Crippen molar-refractivity contribution >= 4 is 23.4 Å². The maximum atomic E-state index is 12.8. The fourth-order valence-electron chi connectivity index (χ4n) is 3.32. The number of hydrogen-bond acceptors (Lipinski definition) is 3. The van der Waals surface area contributed by atoms with Gasteiger partial charge in [0.2, 0.25) is 11.8 Å². The van der Waals surface area contributed by atoms with E-state index in [0.717, 1.165) is 24.1 Å². The molecule has 1 saturated heterocycles. The highest BCUT2D eigenvalue weighted by atomic mass is 16.2. The van der Waals surface area contributed by atoms with Crippen molar-refractivity contribution in [3.05, 3.63) is 65.7 Å². The molecule has 2 aromatic rings. The SMILES string of the molecule is CC(=O)NCc1ccc(C(=O)N2CCCC(C(=O)Nc3ccccc3)C2)cc1. The van der Waals surface area contributed by atoms with Gasteiger partial charge in [0.1, 0.15) is 0 Å². The summed E-state index contributed by atoms with van der Waals surface area (Å²) in [7, 11) is 0. The van der Waals surface area contributed by atoms with Crippen LogP contribution in [-0.4, -0.2) is 35.7 Å².